The van der Waals surface area contributed by atoms with Gasteiger partial charge in [0.25, 0.3) is 0 Å². The molecule has 0 bridgehead atoms. The summed E-state index contributed by atoms with van der Waals surface area (Å²) in [4.78, 5) is 10.9. The van der Waals surface area contributed by atoms with Gasteiger partial charge in [0.05, 0.1) is 0 Å². The predicted molar refractivity (Wildman–Crippen MR) is 41.9 cm³/mol. The van der Waals surface area contributed by atoms with Crippen molar-refractivity contribution in [1.82, 2.24) is 0 Å². The molecule has 3 nitrogen and oxygen atoms in total. The molecule has 1 saturated heterocycles. The first-order chi connectivity index (χ1) is 5.26. The van der Waals surface area contributed by atoms with Gasteiger partial charge < -0.3 is 10.5 Å². The number of rotatable bonds is 2. The normalized spacial score (nSPS) is 31.6. The summed E-state index contributed by atoms with van der Waals surface area (Å²) in [6.07, 6.45) is 2.54. The lowest BCUT2D eigenvalue weighted by Gasteiger charge is -2.26. The second-order valence-corrected chi connectivity index (χ2v) is 3.06. The molecule has 1 heterocycles. The van der Waals surface area contributed by atoms with Crippen LogP contribution < -0.4 is 5.73 Å². The molecule has 0 saturated carbocycles. The number of cyclic esters (lactones) is 1. The molecule has 0 spiro atoms. The van der Waals surface area contributed by atoms with E-state index in [0.29, 0.717) is 18.9 Å². The van der Waals surface area contributed by atoms with E-state index < -0.39 is 0 Å². The van der Waals surface area contributed by atoms with E-state index in [0.717, 1.165) is 12.8 Å². The van der Waals surface area contributed by atoms with Crippen molar-refractivity contribution in [1.29, 1.82) is 0 Å². The van der Waals surface area contributed by atoms with Crippen LogP contribution in [0.4, 0.5) is 0 Å². The van der Waals surface area contributed by atoms with Gasteiger partial charge in [0.2, 0.25) is 0 Å². The Morgan fingerprint density at radius 1 is 1.73 bits per heavy atom. The minimum absolute atomic E-state index is 0.0267. The number of esters is 1. The van der Waals surface area contributed by atoms with E-state index >= 15 is 0 Å². The zero-order valence-corrected chi connectivity index (χ0v) is 6.88. The molecule has 3 heteroatoms. The van der Waals surface area contributed by atoms with Crippen molar-refractivity contribution in [2.75, 3.05) is 6.54 Å². The molecule has 2 N–H and O–H groups in total. The molecular weight excluding hydrogens is 142 g/mol. The molecule has 0 amide bonds. The summed E-state index contributed by atoms with van der Waals surface area (Å²) >= 11 is 0. The maximum absolute atomic E-state index is 10.9. The Balaban J connectivity index is 2.43. The smallest absolute Gasteiger partial charge is 0.306 e. The van der Waals surface area contributed by atoms with Crippen LogP contribution in [0.3, 0.4) is 0 Å². The Kier molecular flexibility index (Phi) is 2.88. The minimum Gasteiger partial charge on any atom is -0.461 e. The summed E-state index contributed by atoms with van der Waals surface area (Å²) in [6, 6.07) is 0. The third-order valence-corrected chi connectivity index (χ3v) is 2.19. The number of carbonyl (C=O) groups is 1. The standard InChI is InChI=1S/C8H15NO2/c1-2-6-3-7(5-9)11-8(10)4-6/h6-7H,2-5,9H2,1H3. The van der Waals surface area contributed by atoms with E-state index in [4.69, 9.17) is 10.5 Å². The van der Waals surface area contributed by atoms with Crippen molar-refractivity contribution in [3.63, 3.8) is 0 Å². The Morgan fingerprint density at radius 3 is 3.00 bits per heavy atom. The first kappa shape index (κ1) is 8.53. The molecule has 1 fully saturated rings. The summed E-state index contributed by atoms with van der Waals surface area (Å²) in [5.41, 5.74) is 5.41. The molecule has 2 unspecified atom stereocenters. The lowest BCUT2D eigenvalue weighted by Crippen LogP contribution is -2.34. The molecule has 0 aromatic carbocycles. The first-order valence-corrected chi connectivity index (χ1v) is 4.15. The topological polar surface area (TPSA) is 52.3 Å². The van der Waals surface area contributed by atoms with Crippen LogP contribution in [0, 0.1) is 5.92 Å². The number of ether oxygens (including phenoxy) is 1. The fourth-order valence-electron chi connectivity index (χ4n) is 1.43. The third kappa shape index (κ3) is 2.19. The van der Waals surface area contributed by atoms with E-state index in [1.165, 1.54) is 0 Å². The highest BCUT2D eigenvalue weighted by atomic mass is 16.5. The van der Waals surface area contributed by atoms with Crippen molar-refractivity contribution in [2.24, 2.45) is 11.7 Å². The lowest BCUT2D eigenvalue weighted by atomic mass is 9.93. The zero-order valence-electron chi connectivity index (χ0n) is 6.88. The molecule has 1 aliphatic heterocycles. The summed E-state index contributed by atoms with van der Waals surface area (Å²) < 4.78 is 5.00. The summed E-state index contributed by atoms with van der Waals surface area (Å²) in [5, 5.41) is 0. The van der Waals surface area contributed by atoms with Crippen molar-refractivity contribution in [3.05, 3.63) is 0 Å². The summed E-state index contributed by atoms with van der Waals surface area (Å²) in [5.74, 6) is 0.406. The highest BCUT2D eigenvalue weighted by molar-refractivity contribution is 5.70. The Labute approximate surface area is 66.9 Å². The molecule has 0 aliphatic carbocycles. The maximum Gasteiger partial charge on any atom is 0.306 e. The average Bonchev–Trinajstić information content (AvgIpc) is 2.03. The van der Waals surface area contributed by atoms with E-state index in [-0.39, 0.29) is 12.1 Å². The van der Waals surface area contributed by atoms with Gasteiger partial charge in [0.1, 0.15) is 6.10 Å². The zero-order chi connectivity index (χ0) is 8.27. The van der Waals surface area contributed by atoms with Crippen LogP contribution in [0.5, 0.6) is 0 Å². The molecule has 11 heavy (non-hydrogen) atoms. The van der Waals surface area contributed by atoms with Crippen LogP contribution >= 0.6 is 0 Å². The van der Waals surface area contributed by atoms with Crippen molar-refractivity contribution in [2.45, 2.75) is 32.3 Å². The Hall–Kier alpha value is -0.570. The van der Waals surface area contributed by atoms with Crippen molar-refractivity contribution >= 4 is 5.97 Å². The Bertz CT molecular complexity index is 133. The largest absolute Gasteiger partial charge is 0.461 e. The number of nitrogens with two attached hydrogens (primary N) is 1. The average molecular weight is 157 g/mol. The maximum atomic E-state index is 10.9. The van der Waals surface area contributed by atoms with Gasteiger partial charge in [-0.05, 0) is 12.3 Å². The van der Waals surface area contributed by atoms with Crippen LogP contribution in [-0.2, 0) is 9.53 Å². The van der Waals surface area contributed by atoms with Crippen LogP contribution in [-0.4, -0.2) is 18.6 Å². The molecular formula is C8H15NO2. The monoisotopic (exact) mass is 157 g/mol. The molecule has 2 atom stereocenters. The van der Waals surface area contributed by atoms with Crippen LogP contribution in [0.1, 0.15) is 26.2 Å². The summed E-state index contributed by atoms with van der Waals surface area (Å²) in [6.45, 7) is 2.55. The third-order valence-electron chi connectivity index (χ3n) is 2.19. The quantitative estimate of drug-likeness (QED) is 0.599. The van der Waals surface area contributed by atoms with Crippen LogP contribution in [0.2, 0.25) is 0 Å². The fourth-order valence-corrected chi connectivity index (χ4v) is 1.43. The van der Waals surface area contributed by atoms with E-state index in [1.807, 2.05) is 0 Å². The highest BCUT2D eigenvalue weighted by Crippen LogP contribution is 2.22. The summed E-state index contributed by atoms with van der Waals surface area (Å²) in [7, 11) is 0. The van der Waals surface area contributed by atoms with Gasteiger partial charge in [-0.1, -0.05) is 13.3 Å². The van der Waals surface area contributed by atoms with E-state index in [2.05, 4.69) is 6.92 Å². The van der Waals surface area contributed by atoms with Gasteiger partial charge in [-0.15, -0.1) is 0 Å². The van der Waals surface area contributed by atoms with Gasteiger partial charge in [0, 0.05) is 13.0 Å². The lowest BCUT2D eigenvalue weighted by molar-refractivity contribution is -0.156. The van der Waals surface area contributed by atoms with Crippen molar-refractivity contribution in [3.8, 4) is 0 Å². The van der Waals surface area contributed by atoms with Gasteiger partial charge in [0.15, 0.2) is 0 Å². The van der Waals surface area contributed by atoms with Gasteiger partial charge in [-0.2, -0.15) is 0 Å². The highest BCUT2D eigenvalue weighted by Gasteiger charge is 2.25. The van der Waals surface area contributed by atoms with E-state index in [9.17, 15) is 4.79 Å². The SMILES string of the molecule is CCC1CC(=O)OC(CN)C1. The fraction of sp³-hybridized carbons (Fsp3) is 0.875. The Morgan fingerprint density at radius 2 is 2.45 bits per heavy atom. The molecule has 1 aliphatic rings. The second kappa shape index (κ2) is 3.72. The predicted octanol–water partition coefficient (Wildman–Crippen LogP) is 0.677. The second-order valence-electron chi connectivity index (χ2n) is 3.06. The van der Waals surface area contributed by atoms with Crippen LogP contribution in [0.25, 0.3) is 0 Å². The molecule has 0 aromatic heterocycles. The number of carbonyl (C=O) groups excluding carboxylic acids is 1. The molecule has 1 rings (SSSR count). The minimum atomic E-state index is -0.0847. The van der Waals surface area contributed by atoms with Gasteiger partial charge >= 0.3 is 5.97 Å². The van der Waals surface area contributed by atoms with Crippen LogP contribution in [0.15, 0.2) is 0 Å². The molecule has 64 valence electrons. The van der Waals surface area contributed by atoms with E-state index in [1.54, 1.807) is 0 Å². The van der Waals surface area contributed by atoms with Gasteiger partial charge in [-0.3, -0.25) is 4.79 Å². The van der Waals surface area contributed by atoms with Gasteiger partial charge in [-0.25, -0.2) is 0 Å². The first-order valence-electron chi connectivity index (χ1n) is 4.15. The van der Waals surface area contributed by atoms with Crippen molar-refractivity contribution < 1.29 is 9.53 Å². The number of hydrogen-bond acceptors (Lipinski definition) is 3. The molecule has 0 radical (unpaired) electrons. The molecule has 0 aromatic rings. The number of hydrogen-bond donors (Lipinski definition) is 1.